The van der Waals surface area contributed by atoms with E-state index < -0.39 is 6.10 Å². The number of hydrogen-bond acceptors (Lipinski definition) is 3. The predicted molar refractivity (Wildman–Crippen MR) is 81.8 cm³/mol. The molecule has 0 saturated heterocycles. The molecule has 1 aromatic carbocycles. The Balaban J connectivity index is 2.61. The first-order valence-corrected chi connectivity index (χ1v) is 7.26. The summed E-state index contributed by atoms with van der Waals surface area (Å²) in [5.41, 5.74) is 7.90. The summed E-state index contributed by atoms with van der Waals surface area (Å²) in [5.74, 6) is 0.654. The van der Waals surface area contributed by atoms with Gasteiger partial charge in [0.25, 0.3) is 5.91 Å². The molecule has 2 atom stereocenters. The third kappa shape index (κ3) is 4.85. The van der Waals surface area contributed by atoms with Crippen molar-refractivity contribution in [3.8, 4) is 5.75 Å². The average molecular weight is 278 g/mol. The molecule has 0 aliphatic rings. The number of amides is 1. The van der Waals surface area contributed by atoms with Crippen LogP contribution in [0, 0.1) is 6.92 Å². The summed E-state index contributed by atoms with van der Waals surface area (Å²) in [4.78, 5) is 11.9. The lowest BCUT2D eigenvalue weighted by Gasteiger charge is -2.17. The van der Waals surface area contributed by atoms with E-state index in [0.717, 1.165) is 29.7 Å². The van der Waals surface area contributed by atoms with Crippen molar-refractivity contribution in [2.75, 3.05) is 6.54 Å². The molecule has 0 heterocycles. The van der Waals surface area contributed by atoms with Gasteiger partial charge in [0.05, 0.1) is 0 Å². The van der Waals surface area contributed by atoms with E-state index in [4.69, 9.17) is 10.5 Å². The Morgan fingerprint density at radius 2 is 2.10 bits per heavy atom. The SMILES string of the molecule is CCCCNC(=O)C(C)Oc1ccc(C(C)N)cc1C. The number of hydrogen-bond donors (Lipinski definition) is 2. The minimum absolute atomic E-state index is 0.00230. The fourth-order valence-electron chi connectivity index (χ4n) is 1.86. The van der Waals surface area contributed by atoms with Crippen LogP contribution in [0.5, 0.6) is 5.75 Å². The average Bonchev–Trinajstić information content (AvgIpc) is 2.40. The van der Waals surface area contributed by atoms with Gasteiger partial charge in [-0.2, -0.15) is 0 Å². The van der Waals surface area contributed by atoms with Crippen LogP contribution in [0.4, 0.5) is 0 Å². The van der Waals surface area contributed by atoms with Crippen molar-refractivity contribution < 1.29 is 9.53 Å². The van der Waals surface area contributed by atoms with Crippen LogP contribution < -0.4 is 15.8 Å². The van der Waals surface area contributed by atoms with Crippen LogP contribution in [0.15, 0.2) is 18.2 Å². The molecule has 112 valence electrons. The highest BCUT2D eigenvalue weighted by atomic mass is 16.5. The molecule has 4 nitrogen and oxygen atoms in total. The number of rotatable bonds is 7. The Morgan fingerprint density at radius 3 is 2.65 bits per heavy atom. The first-order chi connectivity index (χ1) is 9.45. The van der Waals surface area contributed by atoms with Crippen LogP contribution in [0.1, 0.15) is 50.8 Å². The van der Waals surface area contributed by atoms with Gasteiger partial charge in [-0.1, -0.05) is 25.5 Å². The van der Waals surface area contributed by atoms with Gasteiger partial charge in [-0.3, -0.25) is 4.79 Å². The Hall–Kier alpha value is -1.55. The summed E-state index contributed by atoms with van der Waals surface area (Å²) in [6.45, 7) is 8.46. The molecule has 2 unspecified atom stereocenters. The Morgan fingerprint density at radius 1 is 1.40 bits per heavy atom. The van der Waals surface area contributed by atoms with Crippen LogP contribution >= 0.6 is 0 Å². The largest absolute Gasteiger partial charge is 0.481 e. The summed E-state index contributed by atoms with van der Waals surface area (Å²) in [6, 6.07) is 5.82. The molecule has 0 radical (unpaired) electrons. The van der Waals surface area contributed by atoms with Crippen molar-refractivity contribution in [1.82, 2.24) is 5.32 Å². The smallest absolute Gasteiger partial charge is 0.260 e. The highest BCUT2D eigenvalue weighted by Crippen LogP contribution is 2.22. The molecule has 1 rings (SSSR count). The van der Waals surface area contributed by atoms with Crippen molar-refractivity contribution in [1.29, 1.82) is 0 Å². The number of nitrogens with one attached hydrogen (secondary N) is 1. The number of ether oxygens (including phenoxy) is 1. The van der Waals surface area contributed by atoms with Crippen LogP contribution in [-0.2, 0) is 4.79 Å². The van der Waals surface area contributed by atoms with Crippen LogP contribution in [0.25, 0.3) is 0 Å². The molecule has 0 bridgehead atoms. The maximum absolute atomic E-state index is 11.9. The van der Waals surface area contributed by atoms with Gasteiger partial charge in [0.15, 0.2) is 6.10 Å². The number of unbranched alkanes of at least 4 members (excludes halogenated alkanes) is 1. The summed E-state index contributed by atoms with van der Waals surface area (Å²) < 4.78 is 5.72. The van der Waals surface area contributed by atoms with Crippen molar-refractivity contribution in [3.05, 3.63) is 29.3 Å². The van der Waals surface area contributed by atoms with Gasteiger partial charge in [0, 0.05) is 12.6 Å². The highest BCUT2D eigenvalue weighted by Gasteiger charge is 2.15. The highest BCUT2D eigenvalue weighted by molar-refractivity contribution is 5.80. The first kappa shape index (κ1) is 16.5. The maximum Gasteiger partial charge on any atom is 0.260 e. The molecule has 3 N–H and O–H groups in total. The molecular weight excluding hydrogens is 252 g/mol. The second-order valence-corrected chi connectivity index (χ2v) is 5.22. The van der Waals surface area contributed by atoms with Gasteiger partial charge in [0.2, 0.25) is 0 Å². The third-order valence-corrected chi connectivity index (χ3v) is 3.23. The molecule has 0 fully saturated rings. The van der Waals surface area contributed by atoms with Crippen molar-refractivity contribution in [3.63, 3.8) is 0 Å². The monoisotopic (exact) mass is 278 g/mol. The van der Waals surface area contributed by atoms with E-state index in [-0.39, 0.29) is 11.9 Å². The topological polar surface area (TPSA) is 64.3 Å². The van der Waals surface area contributed by atoms with Crippen LogP contribution in [0.2, 0.25) is 0 Å². The molecule has 1 amide bonds. The van der Waals surface area contributed by atoms with Gasteiger partial charge < -0.3 is 15.8 Å². The quantitative estimate of drug-likeness (QED) is 0.754. The van der Waals surface area contributed by atoms with Gasteiger partial charge in [-0.15, -0.1) is 0 Å². The lowest BCUT2D eigenvalue weighted by Crippen LogP contribution is -2.36. The normalized spacial score (nSPS) is 13.7. The summed E-state index contributed by atoms with van der Waals surface area (Å²) in [7, 11) is 0. The van der Waals surface area contributed by atoms with E-state index >= 15 is 0 Å². The molecule has 0 aliphatic carbocycles. The molecule has 0 saturated carbocycles. The van der Waals surface area contributed by atoms with Crippen LogP contribution in [0.3, 0.4) is 0 Å². The number of carbonyl (C=O) groups excluding carboxylic acids is 1. The third-order valence-electron chi connectivity index (χ3n) is 3.23. The maximum atomic E-state index is 11.9. The molecule has 0 aliphatic heterocycles. The van der Waals surface area contributed by atoms with E-state index in [1.165, 1.54) is 0 Å². The second-order valence-electron chi connectivity index (χ2n) is 5.22. The standard InChI is InChI=1S/C16H26N2O2/c1-5-6-9-18-16(19)13(4)20-15-8-7-14(12(3)17)10-11(15)2/h7-8,10,12-13H,5-6,9,17H2,1-4H3,(H,18,19). The number of benzene rings is 1. The van der Waals surface area contributed by atoms with Gasteiger partial charge in [0.1, 0.15) is 5.75 Å². The number of aryl methyl sites for hydroxylation is 1. The van der Waals surface area contributed by atoms with Crippen LogP contribution in [-0.4, -0.2) is 18.6 Å². The minimum Gasteiger partial charge on any atom is -0.481 e. The van der Waals surface area contributed by atoms with E-state index in [9.17, 15) is 4.79 Å². The molecule has 1 aromatic rings. The number of carbonyl (C=O) groups is 1. The molecule has 4 heteroatoms. The zero-order chi connectivity index (χ0) is 15.1. The fraction of sp³-hybridized carbons (Fsp3) is 0.562. The Bertz CT molecular complexity index is 444. The zero-order valence-corrected chi connectivity index (χ0v) is 12.9. The predicted octanol–water partition coefficient (Wildman–Crippen LogP) is 2.70. The van der Waals surface area contributed by atoms with E-state index in [0.29, 0.717) is 6.54 Å². The lowest BCUT2D eigenvalue weighted by atomic mass is 10.1. The van der Waals surface area contributed by atoms with Crippen molar-refractivity contribution >= 4 is 5.91 Å². The van der Waals surface area contributed by atoms with Gasteiger partial charge in [-0.05, 0) is 44.4 Å². The summed E-state index contributed by atoms with van der Waals surface area (Å²) in [6.07, 6.45) is 1.56. The van der Waals surface area contributed by atoms with Gasteiger partial charge in [-0.25, -0.2) is 0 Å². The van der Waals surface area contributed by atoms with Crippen molar-refractivity contribution in [2.45, 2.75) is 52.7 Å². The van der Waals surface area contributed by atoms with E-state index in [1.807, 2.05) is 32.0 Å². The lowest BCUT2D eigenvalue weighted by molar-refractivity contribution is -0.127. The van der Waals surface area contributed by atoms with Crippen molar-refractivity contribution in [2.24, 2.45) is 5.73 Å². The molecular formula is C16H26N2O2. The minimum atomic E-state index is -0.494. The molecule has 20 heavy (non-hydrogen) atoms. The first-order valence-electron chi connectivity index (χ1n) is 7.26. The molecule has 0 aromatic heterocycles. The van der Waals surface area contributed by atoms with E-state index in [2.05, 4.69) is 12.2 Å². The zero-order valence-electron chi connectivity index (χ0n) is 12.9. The second kappa shape index (κ2) is 7.90. The molecule has 0 spiro atoms. The number of nitrogens with two attached hydrogens (primary N) is 1. The Kier molecular flexibility index (Phi) is 6.52. The van der Waals surface area contributed by atoms with Gasteiger partial charge >= 0.3 is 0 Å². The summed E-state index contributed by atoms with van der Waals surface area (Å²) in [5, 5.41) is 2.87. The fourth-order valence-corrected chi connectivity index (χ4v) is 1.86. The summed E-state index contributed by atoms with van der Waals surface area (Å²) >= 11 is 0. The Labute approximate surface area is 121 Å². The van der Waals surface area contributed by atoms with E-state index in [1.54, 1.807) is 6.92 Å².